The predicted octanol–water partition coefficient (Wildman–Crippen LogP) is 2.44. The number of nitrogens with one attached hydrogen (secondary N) is 1. The summed E-state index contributed by atoms with van der Waals surface area (Å²) in [4.78, 5) is 30.7. The Kier molecular flexibility index (Phi) is 6.59. The van der Waals surface area contributed by atoms with E-state index in [-0.39, 0.29) is 18.2 Å². The smallest absolute Gasteiger partial charge is 0.233 e. The van der Waals surface area contributed by atoms with Crippen LogP contribution < -0.4 is 19.9 Å². The molecule has 1 aliphatic heterocycles. The van der Waals surface area contributed by atoms with E-state index in [4.69, 9.17) is 4.74 Å². The summed E-state index contributed by atoms with van der Waals surface area (Å²) in [6.45, 7) is 2.59. The maximum atomic E-state index is 12.5. The van der Waals surface area contributed by atoms with Crippen LogP contribution >= 0.6 is 0 Å². The molecular weight excluding hydrogens is 368 g/mol. The first-order valence-electron chi connectivity index (χ1n) is 9.71. The lowest BCUT2D eigenvalue weighted by Gasteiger charge is -2.36. The standard InChI is InChI=1S/C22H28N4O3/c1-24(2)18-10-8-17(9-11-18)23-21(27)16-22(28)26-14-12-25(13-15-26)19-6-4-5-7-20(19)29-3/h4-11H,12-16H2,1-3H3,(H,23,27). The van der Waals surface area contributed by atoms with Gasteiger partial charge in [-0.2, -0.15) is 0 Å². The number of amides is 2. The van der Waals surface area contributed by atoms with Crippen LogP contribution in [0.1, 0.15) is 6.42 Å². The highest BCUT2D eigenvalue weighted by atomic mass is 16.5. The Morgan fingerprint density at radius 3 is 2.28 bits per heavy atom. The average Bonchev–Trinajstić information content (AvgIpc) is 2.74. The van der Waals surface area contributed by atoms with Gasteiger partial charge in [0.25, 0.3) is 0 Å². The summed E-state index contributed by atoms with van der Waals surface area (Å²) in [6, 6.07) is 15.4. The number of nitrogens with zero attached hydrogens (tertiary/aromatic N) is 3. The van der Waals surface area contributed by atoms with Crippen LogP contribution in [0.5, 0.6) is 5.75 Å². The van der Waals surface area contributed by atoms with Crippen molar-refractivity contribution in [3.63, 3.8) is 0 Å². The zero-order valence-electron chi connectivity index (χ0n) is 17.2. The van der Waals surface area contributed by atoms with Crippen LogP contribution in [0, 0.1) is 0 Å². The minimum Gasteiger partial charge on any atom is -0.495 e. The zero-order valence-corrected chi connectivity index (χ0v) is 17.2. The van der Waals surface area contributed by atoms with E-state index in [1.165, 1.54) is 0 Å². The van der Waals surface area contributed by atoms with E-state index < -0.39 is 0 Å². The third kappa shape index (κ3) is 5.19. The molecule has 1 aliphatic rings. The molecule has 154 valence electrons. The zero-order chi connectivity index (χ0) is 20.8. The first-order valence-corrected chi connectivity index (χ1v) is 9.71. The molecule has 1 fully saturated rings. The van der Waals surface area contributed by atoms with Gasteiger partial charge < -0.3 is 24.8 Å². The van der Waals surface area contributed by atoms with Crippen molar-refractivity contribution in [2.75, 3.05) is 62.5 Å². The highest BCUT2D eigenvalue weighted by Crippen LogP contribution is 2.28. The average molecular weight is 396 g/mol. The number of ether oxygens (including phenoxy) is 1. The Hall–Kier alpha value is -3.22. The van der Waals surface area contributed by atoms with E-state index in [9.17, 15) is 9.59 Å². The minimum atomic E-state index is -0.292. The highest BCUT2D eigenvalue weighted by Gasteiger charge is 2.24. The van der Waals surface area contributed by atoms with Crippen molar-refractivity contribution in [3.05, 3.63) is 48.5 Å². The van der Waals surface area contributed by atoms with Crippen molar-refractivity contribution in [1.29, 1.82) is 0 Å². The molecule has 1 heterocycles. The van der Waals surface area contributed by atoms with Gasteiger partial charge in [0.1, 0.15) is 12.2 Å². The van der Waals surface area contributed by atoms with Crippen molar-refractivity contribution in [1.82, 2.24) is 4.90 Å². The van der Waals surface area contributed by atoms with Crippen LogP contribution in [0.25, 0.3) is 0 Å². The molecule has 0 saturated carbocycles. The Bertz CT molecular complexity index is 843. The fourth-order valence-corrected chi connectivity index (χ4v) is 3.39. The largest absolute Gasteiger partial charge is 0.495 e. The third-order valence-corrected chi connectivity index (χ3v) is 5.04. The second-order valence-electron chi connectivity index (χ2n) is 7.21. The second-order valence-corrected chi connectivity index (χ2v) is 7.21. The number of rotatable bonds is 6. The molecule has 1 N–H and O–H groups in total. The van der Waals surface area contributed by atoms with Gasteiger partial charge in [-0.25, -0.2) is 0 Å². The minimum absolute atomic E-state index is 0.146. The SMILES string of the molecule is COc1ccccc1N1CCN(C(=O)CC(=O)Nc2ccc(N(C)C)cc2)CC1. The van der Waals surface area contributed by atoms with E-state index >= 15 is 0 Å². The van der Waals surface area contributed by atoms with Crippen LogP contribution in [0.15, 0.2) is 48.5 Å². The third-order valence-electron chi connectivity index (χ3n) is 5.04. The molecule has 2 aromatic rings. The molecule has 2 amide bonds. The van der Waals surface area contributed by atoms with E-state index in [0.717, 1.165) is 17.1 Å². The molecule has 1 saturated heterocycles. The number of hydrogen-bond donors (Lipinski definition) is 1. The van der Waals surface area contributed by atoms with Crippen LogP contribution in [0.2, 0.25) is 0 Å². The van der Waals surface area contributed by atoms with Crippen molar-refractivity contribution in [2.24, 2.45) is 0 Å². The molecule has 0 aromatic heterocycles. The molecule has 0 atom stereocenters. The molecule has 7 heteroatoms. The first-order chi connectivity index (χ1) is 14.0. The lowest BCUT2D eigenvalue weighted by Crippen LogP contribution is -2.49. The van der Waals surface area contributed by atoms with E-state index in [2.05, 4.69) is 10.2 Å². The second kappa shape index (κ2) is 9.32. The lowest BCUT2D eigenvalue weighted by atomic mass is 10.2. The van der Waals surface area contributed by atoms with Gasteiger partial charge in [0.05, 0.1) is 12.8 Å². The van der Waals surface area contributed by atoms with E-state index in [1.807, 2.05) is 67.5 Å². The summed E-state index contributed by atoms with van der Waals surface area (Å²) in [5, 5.41) is 2.80. The molecule has 0 unspecified atom stereocenters. The topological polar surface area (TPSA) is 65.1 Å². The number of benzene rings is 2. The quantitative estimate of drug-likeness (QED) is 0.760. The Balaban J connectivity index is 1.49. The fourth-order valence-electron chi connectivity index (χ4n) is 3.39. The summed E-state index contributed by atoms with van der Waals surface area (Å²) < 4.78 is 5.42. The Labute approximate surface area is 171 Å². The lowest BCUT2D eigenvalue weighted by molar-refractivity contribution is -0.134. The van der Waals surface area contributed by atoms with Crippen molar-refractivity contribution < 1.29 is 14.3 Å². The molecule has 0 bridgehead atoms. The molecule has 3 rings (SSSR count). The van der Waals surface area contributed by atoms with Gasteiger partial charge in [-0.15, -0.1) is 0 Å². The van der Waals surface area contributed by atoms with Crippen LogP contribution in [-0.2, 0) is 9.59 Å². The van der Waals surface area contributed by atoms with Crippen molar-refractivity contribution in [3.8, 4) is 5.75 Å². The molecular formula is C22H28N4O3. The number of anilines is 3. The molecule has 0 spiro atoms. The van der Waals surface area contributed by atoms with Gasteiger partial charge >= 0.3 is 0 Å². The van der Waals surface area contributed by atoms with Gasteiger partial charge in [0.15, 0.2) is 0 Å². The monoisotopic (exact) mass is 396 g/mol. The van der Waals surface area contributed by atoms with Crippen LogP contribution in [-0.4, -0.2) is 64.1 Å². The summed E-state index contributed by atoms with van der Waals surface area (Å²) in [5.74, 6) is 0.388. The van der Waals surface area contributed by atoms with Gasteiger partial charge in [-0.1, -0.05) is 12.1 Å². The van der Waals surface area contributed by atoms with Crippen molar-refractivity contribution in [2.45, 2.75) is 6.42 Å². The van der Waals surface area contributed by atoms with Crippen LogP contribution in [0.4, 0.5) is 17.1 Å². The van der Waals surface area contributed by atoms with E-state index in [1.54, 1.807) is 12.0 Å². The number of hydrogen-bond acceptors (Lipinski definition) is 5. The number of carbonyl (C=O) groups is 2. The Morgan fingerprint density at radius 2 is 1.66 bits per heavy atom. The first kappa shape index (κ1) is 20.5. The Morgan fingerprint density at radius 1 is 1.00 bits per heavy atom. The highest BCUT2D eigenvalue weighted by molar-refractivity contribution is 6.03. The number of carbonyl (C=O) groups excluding carboxylic acids is 2. The number of para-hydroxylation sites is 2. The van der Waals surface area contributed by atoms with Gasteiger partial charge in [-0.05, 0) is 36.4 Å². The van der Waals surface area contributed by atoms with Gasteiger partial charge in [0.2, 0.25) is 11.8 Å². The number of methoxy groups -OCH3 is 1. The maximum Gasteiger partial charge on any atom is 0.233 e. The predicted molar refractivity (Wildman–Crippen MR) is 116 cm³/mol. The van der Waals surface area contributed by atoms with Crippen LogP contribution in [0.3, 0.4) is 0 Å². The molecule has 2 aromatic carbocycles. The molecule has 0 radical (unpaired) electrons. The van der Waals surface area contributed by atoms with Crippen molar-refractivity contribution >= 4 is 28.9 Å². The summed E-state index contributed by atoms with van der Waals surface area (Å²) in [6.07, 6.45) is -0.149. The number of piperazine rings is 1. The molecule has 7 nitrogen and oxygen atoms in total. The molecule has 0 aliphatic carbocycles. The van der Waals surface area contributed by atoms with Gasteiger partial charge in [-0.3, -0.25) is 9.59 Å². The summed E-state index contributed by atoms with van der Waals surface area (Å²) >= 11 is 0. The summed E-state index contributed by atoms with van der Waals surface area (Å²) in [5.41, 5.74) is 2.77. The fraction of sp³-hybridized carbons (Fsp3) is 0.364. The van der Waals surface area contributed by atoms with Gasteiger partial charge in [0, 0.05) is 51.6 Å². The molecule has 29 heavy (non-hydrogen) atoms. The normalized spacial score (nSPS) is 13.8. The maximum absolute atomic E-state index is 12.5. The summed E-state index contributed by atoms with van der Waals surface area (Å²) in [7, 11) is 5.57. The van der Waals surface area contributed by atoms with E-state index in [0.29, 0.717) is 31.9 Å².